The molecule has 2 heterocycles. The standard InChI is InChI=1S/C19H22FN5O3/c1-11(26)25-7-5-13(6-8-25)23-19-22-10-15(18(21)24-19)17(27)14-9-12(20)3-4-16(14)28-2/h3-4,9-10,13H,5-8H2,1-2H3,(H3,21,22,23,24). The molecule has 148 valence electrons. The first-order chi connectivity index (χ1) is 13.4. The molecule has 0 unspecified atom stereocenters. The van der Waals surface area contributed by atoms with Crippen LogP contribution in [-0.2, 0) is 4.79 Å². The molecule has 1 aromatic carbocycles. The fourth-order valence-corrected chi connectivity index (χ4v) is 3.16. The lowest BCUT2D eigenvalue weighted by Crippen LogP contribution is -2.41. The average Bonchev–Trinajstić information content (AvgIpc) is 2.68. The van der Waals surface area contributed by atoms with Crippen LogP contribution in [0.5, 0.6) is 5.75 Å². The predicted molar refractivity (Wildman–Crippen MR) is 102 cm³/mol. The molecule has 3 rings (SSSR count). The van der Waals surface area contributed by atoms with Crippen LogP contribution >= 0.6 is 0 Å². The fraction of sp³-hybridized carbons (Fsp3) is 0.368. The lowest BCUT2D eigenvalue weighted by molar-refractivity contribution is -0.129. The number of anilines is 2. The van der Waals surface area contributed by atoms with Crippen molar-refractivity contribution in [3.8, 4) is 5.75 Å². The summed E-state index contributed by atoms with van der Waals surface area (Å²) in [6.45, 7) is 2.89. The van der Waals surface area contributed by atoms with Crippen molar-refractivity contribution < 1.29 is 18.7 Å². The second kappa shape index (κ2) is 8.20. The molecule has 1 aliphatic heterocycles. The Kier molecular flexibility index (Phi) is 5.72. The number of ether oxygens (including phenoxy) is 1. The van der Waals surface area contributed by atoms with Crippen molar-refractivity contribution in [2.45, 2.75) is 25.8 Å². The van der Waals surface area contributed by atoms with Crippen molar-refractivity contribution in [1.82, 2.24) is 14.9 Å². The molecule has 28 heavy (non-hydrogen) atoms. The van der Waals surface area contributed by atoms with Crippen molar-refractivity contribution in [3.63, 3.8) is 0 Å². The molecule has 0 bridgehead atoms. The molecular weight excluding hydrogens is 365 g/mol. The molecule has 1 saturated heterocycles. The quantitative estimate of drug-likeness (QED) is 0.754. The Balaban J connectivity index is 1.73. The number of nitrogen functional groups attached to an aromatic ring is 1. The summed E-state index contributed by atoms with van der Waals surface area (Å²) in [6, 6.07) is 3.79. The minimum Gasteiger partial charge on any atom is -0.496 e. The van der Waals surface area contributed by atoms with Crippen molar-refractivity contribution in [1.29, 1.82) is 0 Å². The molecule has 0 saturated carbocycles. The molecule has 1 amide bonds. The third kappa shape index (κ3) is 4.19. The first-order valence-corrected chi connectivity index (χ1v) is 8.92. The second-order valence-electron chi connectivity index (χ2n) is 6.59. The Bertz CT molecular complexity index is 897. The maximum absolute atomic E-state index is 13.6. The molecule has 2 aromatic rings. The van der Waals surface area contributed by atoms with Gasteiger partial charge in [-0.1, -0.05) is 0 Å². The van der Waals surface area contributed by atoms with Crippen molar-refractivity contribution in [2.75, 3.05) is 31.2 Å². The van der Waals surface area contributed by atoms with E-state index in [1.54, 1.807) is 11.8 Å². The molecule has 3 N–H and O–H groups in total. The summed E-state index contributed by atoms with van der Waals surface area (Å²) in [4.78, 5) is 34.3. The lowest BCUT2D eigenvalue weighted by Gasteiger charge is -2.31. The van der Waals surface area contributed by atoms with Crippen LogP contribution in [0.15, 0.2) is 24.4 Å². The van der Waals surface area contributed by atoms with Crippen LogP contribution in [0.1, 0.15) is 35.7 Å². The highest BCUT2D eigenvalue weighted by Crippen LogP contribution is 2.25. The Morgan fingerprint density at radius 3 is 2.61 bits per heavy atom. The number of carbonyl (C=O) groups excluding carboxylic acids is 2. The van der Waals surface area contributed by atoms with E-state index in [1.807, 2.05) is 0 Å². The van der Waals surface area contributed by atoms with Crippen LogP contribution in [-0.4, -0.2) is 52.8 Å². The summed E-state index contributed by atoms with van der Waals surface area (Å²) >= 11 is 0. The maximum Gasteiger partial charge on any atom is 0.224 e. The first-order valence-electron chi connectivity index (χ1n) is 8.92. The zero-order valence-corrected chi connectivity index (χ0v) is 15.7. The van der Waals surface area contributed by atoms with Crippen LogP contribution < -0.4 is 15.8 Å². The van der Waals surface area contributed by atoms with E-state index in [2.05, 4.69) is 15.3 Å². The summed E-state index contributed by atoms with van der Waals surface area (Å²) in [5.41, 5.74) is 6.08. The molecule has 8 nitrogen and oxygen atoms in total. The number of likely N-dealkylation sites (tertiary alicyclic amines) is 1. The average molecular weight is 387 g/mol. The SMILES string of the molecule is COc1ccc(F)cc1C(=O)c1cnc(NC2CCN(C(C)=O)CC2)nc1N. The Labute approximate surface area is 161 Å². The van der Waals surface area contributed by atoms with Gasteiger partial charge in [-0.3, -0.25) is 9.59 Å². The number of nitrogens with one attached hydrogen (secondary N) is 1. The molecule has 1 aromatic heterocycles. The topological polar surface area (TPSA) is 110 Å². The Morgan fingerprint density at radius 2 is 2.00 bits per heavy atom. The van der Waals surface area contributed by atoms with Crippen LogP contribution in [0.4, 0.5) is 16.2 Å². The minimum absolute atomic E-state index is 0.00464. The minimum atomic E-state index is -0.557. The maximum atomic E-state index is 13.6. The highest BCUT2D eigenvalue weighted by molar-refractivity contribution is 6.13. The number of rotatable bonds is 5. The number of methoxy groups -OCH3 is 1. The van der Waals surface area contributed by atoms with Gasteiger partial charge in [0.2, 0.25) is 17.6 Å². The summed E-state index contributed by atoms with van der Waals surface area (Å²) in [7, 11) is 1.40. The number of amides is 1. The number of piperidine rings is 1. The molecule has 0 aliphatic carbocycles. The number of halogens is 1. The third-order valence-corrected chi connectivity index (χ3v) is 4.74. The van der Waals surface area contributed by atoms with Gasteiger partial charge in [0.25, 0.3) is 0 Å². The van der Waals surface area contributed by atoms with Crippen molar-refractivity contribution >= 4 is 23.5 Å². The van der Waals surface area contributed by atoms with E-state index in [0.29, 0.717) is 19.0 Å². The van der Waals surface area contributed by atoms with Crippen LogP contribution in [0.25, 0.3) is 0 Å². The lowest BCUT2D eigenvalue weighted by atomic mass is 10.0. The van der Waals surface area contributed by atoms with Gasteiger partial charge in [-0.2, -0.15) is 4.98 Å². The highest BCUT2D eigenvalue weighted by atomic mass is 19.1. The van der Waals surface area contributed by atoms with Gasteiger partial charge < -0.3 is 20.7 Å². The van der Waals surface area contributed by atoms with E-state index in [0.717, 1.165) is 18.9 Å². The number of benzene rings is 1. The van der Waals surface area contributed by atoms with E-state index in [9.17, 15) is 14.0 Å². The fourth-order valence-electron chi connectivity index (χ4n) is 3.16. The Hall–Kier alpha value is -3.23. The zero-order valence-electron chi connectivity index (χ0n) is 15.7. The predicted octanol–water partition coefficient (Wildman–Crippen LogP) is 1.86. The van der Waals surface area contributed by atoms with Gasteiger partial charge in [-0.25, -0.2) is 9.37 Å². The molecule has 1 fully saturated rings. The van der Waals surface area contributed by atoms with Crippen LogP contribution in [0, 0.1) is 5.82 Å². The normalized spacial score (nSPS) is 14.6. The molecule has 0 atom stereocenters. The first kappa shape index (κ1) is 19.5. The number of hydrogen-bond acceptors (Lipinski definition) is 7. The van der Waals surface area contributed by atoms with Gasteiger partial charge >= 0.3 is 0 Å². The van der Waals surface area contributed by atoms with E-state index >= 15 is 0 Å². The summed E-state index contributed by atoms with van der Waals surface area (Å²) < 4.78 is 18.7. The van der Waals surface area contributed by atoms with Crippen LogP contribution in [0.3, 0.4) is 0 Å². The largest absolute Gasteiger partial charge is 0.496 e. The van der Waals surface area contributed by atoms with E-state index < -0.39 is 11.6 Å². The number of ketones is 1. The number of carbonyl (C=O) groups is 2. The zero-order chi connectivity index (χ0) is 20.3. The number of nitrogens with two attached hydrogens (primary N) is 1. The molecule has 1 aliphatic rings. The van der Waals surface area contributed by atoms with Gasteiger partial charge in [-0.05, 0) is 31.0 Å². The van der Waals surface area contributed by atoms with Gasteiger partial charge in [0.15, 0.2) is 0 Å². The molecule has 0 radical (unpaired) electrons. The number of aromatic nitrogens is 2. The van der Waals surface area contributed by atoms with Gasteiger partial charge in [0, 0.05) is 32.3 Å². The smallest absolute Gasteiger partial charge is 0.224 e. The molecule has 9 heteroatoms. The van der Waals surface area contributed by atoms with Crippen molar-refractivity contribution in [2.24, 2.45) is 0 Å². The molecular formula is C19H22FN5O3. The third-order valence-electron chi connectivity index (χ3n) is 4.74. The van der Waals surface area contributed by atoms with Gasteiger partial charge in [0.1, 0.15) is 17.4 Å². The summed E-state index contributed by atoms with van der Waals surface area (Å²) in [5.74, 6) is -0.467. The Morgan fingerprint density at radius 1 is 1.29 bits per heavy atom. The van der Waals surface area contributed by atoms with Gasteiger partial charge in [-0.15, -0.1) is 0 Å². The summed E-state index contributed by atoms with van der Waals surface area (Å²) in [6.07, 6.45) is 2.86. The summed E-state index contributed by atoms with van der Waals surface area (Å²) in [5, 5.41) is 3.18. The number of hydrogen-bond donors (Lipinski definition) is 2. The highest BCUT2D eigenvalue weighted by Gasteiger charge is 2.23. The van der Waals surface area contributed by atoms with Crippen LogP contribution in [0.2, 0.25) is 0 Å². The molecule has 0 spiro atoms. The monoisotopic (exact) mass is 387 g/mol. The van der Waals surface area contributed by atoms with E-state index in [-0.39, 0.29) is 34.6 Å². The van der Waals surface area contributed by atoms with E-state index in [1.165, 1.54) is 25.4 Å². The second-order valence-corrected chi connectivity index (χ2v) is 6.59. The van der Waals surface area contributed by atoms with Crippen molar-refractivity contribution in [3.05, 3.63) is 41.3 Å². The number of nitrogens with zero attached hydrogens (tertiary/aromatic N) is 3. The van der Waals surface area contributed by atoms with E-state index in [4.69, 9.17) is 10.5 Å². The van der Waals surface area contributed by atoms with Gasteiger partial charge in [0.05, 0.1) is 18.2 Å².